The maximum atomic E-state index is 13.1. The highest BCUT2D eigenvalue weighted by molar-refractivity contribution is 8.00. The Bertz CT molecular complexity index is 1690. The number of oxime groups is 1. The third-order valence-corrected chi connectivity index (χ3v) is 9.50. The van der Waals surface area contributed by atoms with E-state index in [-0.39, 0.29) is 23.1 Å². The number of fused-ring (bicyclic) bond motifs is 2. The van der Waals surface area contributed by atoms with E-state index in [2.05, 4.69) is 20.3 Å². The number of carboxylic acid groups (broad SMARTS) is 1. The first-order chi connectivity index (χ1) is 18.5. The van der Waals surface area contributed by atoms with Gasteiger partial charge in [-0.3, -0.25) is 19.0 Å². The van der Waals surface area contributed by atoms with Gasteiger partial charge in [-0.2, -0.15) is 8.42 Å². The van der Waals surface area contributed by atoms with Crippen LogP contribution < -0.4 is 15.6 Å². The molecule has 0 unspecified atom stereocenters. The summed E-state index contributed by atoms with van der Waals surface area (Å²) in [5.41, 5.74) is 5.56. The Hall–Kier alpha value is -4.00. The Labute approximate surface area is 228 Å². The molecule has 0 radical (unpaired) electrons. The van der Waals surface area contributed by atoms with E-state index >= 15 is 0 Å². The molecule has 15 nitrogen and oxygen atoms in total. The molecule has 0 aromatic carbocycles. The average molecular weight is 595 g/mol. The molecule has 204 valence electrons. The van der Waals surface area contributed by atoms with E-state index in [1.165, 1.54) is 11.8 Å². The number of hydrogen-bond donors (Lipinski definition) is 4. The monoisotopic (exact) mass is 594 g/mol. The van der Waals surface area contributed by atoms with Crippen LogP contribution in [-0.2, 0) is 35.9 Å². The van der Waals surface area contributed by atoms with Crippen molar-refractivity contribution in [3.8, 4) is 0 Å². The van der Waals surface area contributed by atoms with Crippen molar-refractivity contribution in [3.05, 3.63) is 53.8 Å². The Morgan fingerprint density at radius 1 is 1.36 bits per heavy atom. The normalized spacial score (nSPS) is 19.6. The predicted octanol–water partition coefficient (Wildman–Crippen LogP) is -0.698. The first kappa shape index (κ1) is 26.6. The lowest BCUT2D eigenvalue weighted by molar-refractivity contribution is -0.662. The molecule has 2 amide bonds. The van der Waals surface area contributed by atoms with Crippen LogP contribution in [0.3, 0.4) is 0 Å². The number of pyridine rings is 1. The molecule has 0 bridgehead atoms. The molecule has 18 heteroatoms. The van der Waals surface area contributed by atoms with E-state index in [9.17, 15) is 32.5 Å². The fourth-order valence-electron chi connectivity index (χ4n) is 4.33. The van der Waals surface area contributed by atoms with Gasteiger partial charge in [0.25, 0.3) is 17.5 Å². The molecule has 0 aliphatic carbocycles. The fraction of sp³-hybridized carbons (Fsp3) is 0.238. The highest BCUT2D eigenvalue weighted by Gasteiger charge is 2.54. The average Bonchev–Trinajstić information content (AvgIpc) is 3.48. The van der Waals surface area contributed by atoms with Gasteiger partial charge in [0, 0.05) is 17.4 Å². The van der Waals surface area contributed by atoms with Crippen molar-refractivity contribution in [2.24, 2.45) is 5.16 Å². The van der Waals surface area contributed by atoms with E-state index < -0.39 is 54.9 Å². The largest absolute Gasteiger partial charge is 0.477 e. The van der Waals surface area contributed by atoms with Crippen LogP contribution in [0.5, 0.6) is 0 Å². The highest BCUT2D eigenvalue weighted by atomic mass is 32.3. The number of hydrogen-bond acceptors (Lipinski definition) is 11. The number of aromatic nitrogens is 3. The molecule has 39 heavy (non-hydrogen) atoms. The molecule has 0 saturated carbocycles. The highest BCUT2D eigenvalue weighted by Crippen LogP contribution is 2.40. The molecule has 1 fully saturated rings. The van der Waals surface area contributed by atoms with Crippen molar-refractivity contribution in [2.45, 2.75) is 22.2 Å². The second-order valence-corrected chi connectivity index (χ2v) is 12.0. The molecular formula is C21H20N7O8S3+. The van der Waals surface area contributed by atoms with Crippen LogP contribution in [0.4, 0.5) is 5.13 Å². The van der Waals surface area contributed by atoms with Gasteiger partial charge in [0.15, 0.2) is 15.1 Å². The second-order valence-electron chi connectivity index (χ2n) is 8.30. The van der Waals surface area contributed by atoms with Crippen molar-refractivity contribution >= 4 is 67.5 Å². The van der Waals surface area contributed by atoms with E-state index in [4.69, 9.17) is 5.73 Å². The zero-order valence-electron chi connectivity index (χ0n) is 19.9. The van der Waals surface area contributed by atoms with E-state index in [0.29, 0.717) is 16.9 Å². The zero-order valence-corrected chi connectivity index (χ0v) is 22.4. The number of thiazole rings is 1. The first-order valence-corrected chi connectivity index (χ1v) is 14.3. The van der Waals surface area contributed by atoms with Crippen molar-refractivity contribution in [1.82, 2.24) is 19.6 Å². The number of nitrogens with two attached hydrogens (primary N) is 1. The number of anilines is 1. The summed E-state index contributed by atoms with van der Waals surface area (Å²) in [6, 6.07) is 4.45. The van der Waals surface area contributed by atoms with Crippen molar-refractivity contribution < 1.29 is 41.9 Å². The summed E-state index contributed by atoms with van der Waals surface area (Å²) in [6.45, 7) is 0.233. The number of thioether (sulfide) groups is 1. The number of aliphatic carboxylic acids is 1. The number of carboxylic acids is 1. The Morgan fingerprint density at radius 3 is 2.82 bits per heavy atom. The summed E-state index contributed by atoms with van der Waals surface area (Å²) in [7, 11) is -3.71. The second kappa shape index (κ2) is 9.95. The van der Waals surface area contributed by atoms with Crippen LogP contribution in [0.25, 0.3) is 5.65 Å². The van der Waals surface area contributed by atoms with Gasteiger partial charge in [-0.25, -0.2) is 18.7 Å². The van der Waals surface area contributed by atoms with Crippen molar-refractivity contribution in [2.75, 3.05) is 18.6 Å². The summed E-state index contributed by atoms with van der Waals surface area (Å²) in [4.78, 5) is 47.9. The Kier molecular flexibility index (Phi) is 6.79. The molecule has 1 saturated heterocycles. The van der Waals surface area contributed by atoms with E-state index in [1.807, 2.05) is 45.8 Å². The molecule has 3 aromatic heterocycles. The van der Waals surface area contributed by atoms with E-state index in [0.717, 1.165) is 17.7 Å². The standard InChI is InChI=1S/C21H19N7O8S3/c1-36-25-12(13-20(39(33,34)35)38-21(22)24-13)16(29)23-14-17(30)28-15(19(31)32)10(9-37-18(14)28)8-27-7-6-26-5-3-2-4-11(26)27/h2-7,14,18H,8-9H2,1H3,(H4-,22,23,24,29,31,32,33,34,35)/p+1/b25-12+/t14-,18-/m1/s1. The van der Waals surface area contributed by atoms with Gasteiger partial charge in [-0.05, 0) is 6.07 Å². The maximum absolute atomic E-state index is 13.1. The lowest BCUT2D eigenvalue weighted by Crippen LogP contribution is -2.71. The first-order valence-electron chi connectivity index (χ1n) is 11.0. The molecule has 2 aliphatic heterocycles. The van der Waals surface area contributed by atoms with Gasteiger partial charge in [0.05, 0.1) is 6.20 Å². The minimum atomic E-state index is -4.81. The van der Waals surface area contributed by atoms with Crippen molar-refractivity contribution in [1.29, 1.82) is 0 Å². The van der Waals surface area contributed by atoms with Gasteiger partial charge in [0.2, 0.25) is 0 Å². The van der Waals surface area contributed by atoms with Crippen LogP contribution in [0.1, 0.15) is 5.69 Å². The minimum Gasteiger partial charge on any atom is -0.477 e. The summed E-state index contributed by atoms with van der Waals surface area (Å²) in [6.07, 6.45) is 5.50. The molecule has 2 aliphatic rings. The lowest BCUT2D eigenvalue weighted by Gasteiger charge is -2.49. The zero-order chi connectivity index (χ0) is 28.1. The number of imidazole rings is 1. The van der Waals surface area contributed by atoms with Gasteiger partial charge in [-0.1, -0.05) is 22.6 Å². The number of nitrogens with one attached hydrogen (secondary N) is 1. The van der Waals surface area contributed by atoms with Crippen LogP contribution in [-0.4, -0.2) is 80.1 Å². The minimum absolute atomic E-state index is 0.163. The molecular weight excluding hydrogens is 574 g/mol. The lowest BCUT2D eigenvalue weighted by atomic mass is 10.0. The Balaban J connectivity index is 1.40. The molecule has 2 atom stereocenters. The molecule has 5 heterocycles. The van der Waals surface area contributed by atoms with Gasteiger partial charge in [0.1, 0.15) is 48.9 Å². The topological polar surface area (TPSA) is 210 Å². The third-order valence-electron chi connectivity index (χ3n) is 5.94. The number of amides is 2. The summed E-state index contributed by atoms with van der Waals surface area (Å²) in [5, 5.41) is 14.9. The van der Waals surface area contributed by atoms with Crippen LogP contribution in [0.15, 0.2) is 57.4 Å². The van der Waals surface area contributed by atoms with Gasteiger partial charge >= 0.3 is 16.1 Å². The van der Waals surface area contributed by atoms with Crippen LogP contribution in [0.2, 0.25) is 0 Å². The molecule has 0 spiro atoms. The SMILES string of the molecule is CO/N=C(/C(=O)N[C@@H]1C(=O)N2C(C(=O)O)=C(C[n+]3ccn4ccccc43)CS[C@H]12)c1nc(N)sc1S(=O)(=O)O. The van der Waals surface area contributed by atoms with E-state index in [1.54, 1.807) is 0 Å². The molecule has 5 N–H and O–H groups in total. The predicted molar refractivity (Wildman–Crippen MR) is 137 cm³/mol. The fourth-order valence-corrected chi connectivity index (χ4v) is 7.29. The third kappa shape index (κ3) is 4.71. The number of rotatable bonds is 8. The summed E-state index contributed by atoms with van der Waals surface area (Å²) in [5.74, 6) is -2.72. The van der Waals surface area contributed by atoms with Gasteiger partial charge < -0.3 is 21.0 Å². The Morgan fingerprint density at radius 2 is 2.13 bits per heavy atom. The number of β-lactam (4-membered cyclic amide) rings is 1. The quantitative estimate of drug-likeness (QED) is 0.0842. The number of carbonyl (C=O) groups excluding carboxylic acids is 2. The smallest absolute Gasteiger partial charge is 0.352 e. The summed E-state index contributed by atoms with van der Waals surface area (Å²) >= 11 is 1.68. The van der Waals surface area contributed by atoms with Gasteiger partial charge in [-0.15, -0.1) is 11.8 Å². The number of nitrogen functional groups attached to an aromatic ring is 1. The van der Waals surface area contributed by atoms with Crippen LogP contribution >= 0.6 is 23.1 Å². The molecule has 3 aromatic rings. The maximum Gasteiger partial charge on any atom is 0.352 e. The van der Waals surface area contributed by atoms with Crippen molar-refractivity contribution in [3.63, 3.8) is 0 Å². The summed E-state index contributed by atoms with van der Waals surface area (Å²) < 4.78 is 36.0. The van der Waals surface area contributed by atoms with Crippen LogP contribution in [0, 0.1) is 0 Å². The number of carbonyl (C=O) groups is 3. The molecule has 5 rings (SSSR count). The number of nitrogens with zero attached hydrogens (tertiary/aromatic N) is 5.